The van der Waals surface area contributed by atoms with Crippen LogP contribution in [-0.4, -0.2) is 35.9 Å². The molecule has 0 aliphatic carbocycles. The fourth-order valence-corrected chi connectivity index (χ4v) is 4.92. The normalized spacial score (nSPS) is 24.0. The Balaban J connectivity index is 2.56. The number of benzene rings is 1. The first-order valence-corrected chi connectivity index (χ1v) is 8.47. The average molecular weight is 311 g/mol. The third-order valence-corrected chi connectivity index (χ3v) is 6.36. The molecule has 21 heavy (non-hydrogen) atoms. The molecule has 116 valence electrons. The first kappa shape index (κ1) is 16.0. The Morgan fingerprint density at radius 2 is 1.95 bits per heavy atom. The lowest BCUT2D eigenvalue weighted by atomic mass is 9.91. The number of carboxylic acids is 1. The molecule has 6 heteroatoms. The van der Waals surface area contributed by atoms with Gasteiger partial charge in [-0.15, -0.1) is 0 Å². The van der Waals surface area contributed by atoms with Crippen molar-refractivity contribution in [2.45, 2.75) is 50.5 Å². The first-order chi connectivity index (χ1) is 9.69. The number of hydrogen-bond donors (Lipinski definition) is 1. The Bertz CT molecular complexity index is 668. The topological polar surface area (TPSA) is 74.7 Å². The summed E-state index contributed by atoms with van der Waals surface area (Å²) in [5, 5.41) is 9.50. The van der Waals surface area contributed by atoms with Gasteiger partial charge in [0.15, 0.2) is 0 Å². The smallest absolute Gasteiger partial charge is 0.324 e. The molecule has 0 amide bonds. The maximum absolute atomic E-state index is 12.9. The molecule has 1 aromatic rings. The van der Waals surface area contributed by atoms with Crippen molar-refractivity contribution >= 4 is 16.0 Å². The van der Waals surface area contributed by atoms with Crippen molar-refractivity contribution in [1.29, 1.82) is 0 Å². The van der Waals surface area contributed by atoms with Crippen LogP contribution < -0.4 is 0 Å². The molecule has 0 bridgehead atoms. The molecule has 1 aromatic carbocycles. The van der Waals surface area contributed by atoms with E-state index in [1.54, 1.807) is 19.1 Å². The highest BCUT2D eigenvalue weighted by Gasteiger charge is 2.48. The molecule has 1 saturated heterocycles. The highest BCUT2D eigenvalue weighted by Crippen LogP contribution is 2.34. The highest BCUT2D eigenvalue weighted by molar-refractivity contribution is 7.89. The molecular weight excluding hydrogens is 290 g/mol. The highest BCUT2D eigenvalue weighted by atomic mass is 32.2. The van der Waals surface area contributed by atoms with Gasteiger partial charge in [0.2, 0.25) is 10.0 Å². The van der Waals surface area contributed by atoms with Gasteiger partial charge in [0.1, 0.15) is 5.54 Å². The van der Waals surface area contributed by atoms with Gasteiger partial charge >= 0.3 is 5.97 Å². The fourth-order valence-electron chi connectivity index (χ4n) is 2.80. The van der Waals surface area contributed by atoms with Crippen LogP contribution >= 0.6 is 0 Å². The lowest BCUT2D eigenvalue weighted by molar-refractivity contribution is -0.149. The molecule has 1 aliphatic heterocycles. The minimum absolute atomic E-state index is 0.205. The van der Waals surface area contributed by atoms with Crippen LogP contribution in [0.25, 0.3) is 0 Å². The summed E-state index contributed by atoms with van der Waals surface area (Å²) in [6.45, 7) is 5.30. The Morgan fingerprint density at radius 3 is 2.57 bits per heavy atom. The van der Waals surface area contributed by atoms with E-state index in [1.807, 2.05) is 13.0 Å². The van der Waals surface area contributed by atoms with Crippen molar-refractivity contribution in [3.8, 4) is 0 Å². The predicted octanol–water partition coefficient (Wildman–Crippen LogP) is 2.32. The Morgan fingerprint density at radius 1 is 1.29 bits per heavy atom. The van der Waals surface area contributed by atoms with Crippen molar-refractivity contribution in [2.75, 3.05) is 6.54 Å². The van der Waals surface area contributed by atoms with Crippen LogP contribution in [0.2, 0.25) is 0 Å². The Kier molecular flexibility index (Phi) is 4.13. The molecular formula is C15H21NO4S. The van der Waals surface area contributed by atoms with Crippen LogP contribution in [0.4, 0.5) is 0 Å². The van der Waals surface area contributed by atoms with Crippen molar-refractivity contribution in [3.05, 3.63) is 29.3 Å². The number of carbonyl (C=O) groups is 1. The number of aryl methyl sites for hydroxylation is 2. The Labute approximate surface area is 125 Å². The monoisotopic (exact) mass is 311 g/mol. The minimum Gasteiger partial charge on any atom is -0.480 e. The van der Waals surface area contributed by atoms with Crippen LogP contribution in [0.15, 0.2) is 23.1 Å². The van der Waals surface area contributed by atoms with Crippen molar-refractivity contribution < 1.29 is 18.3 Å². The van der Waals surface area contributed by atoms with Crippen LogP contribution in [0.3, 0.4) is 0 Å². The summed E-state index contributed by atoms with van der Waals surface area (Å²) in [4.78, 5) is 11.8. The van der Waals surface area contributed by atoms with Gasteiger partial charge in [-0.1, -0.05) is 12.1 Å². The zero-order chi connectivity index (χ0) is 15.8. The number of piperidine rings is 1. The van der Waals surface area contributed by atoms with E-state index in [0.29, 0.717) is 18.4 Å². The zero-order valence-electron chi connectivity index (χ0n) is 12.6. The van der Waals surface area contributed by atoms with Gasteiger partial charge in [-0.3, -0.25) is 4.79 Å². The lowest BCUT2D eigenvalue weighted by Gasteiger charge is -2.40. The zero-order valence-corrected chi connectivity index (χ0v) is 13.4. The molecule has 1 fully saturated rings. The number of hydrogen-bond acceptors (Lipinski definition) is 3. The van der Waals surface area contributed by atoms with E-state index in [2.05, 4.69) is 0 Å². The lowest BCUT2D eigenvalue weighted by Crippen LogP contribution is -2.57. The standard InChI is InChI=1S/C15H21NO4S/c1-11-6-7-12(2)13(10-11)21(19,20)16-9-5-4-8-15(16,3)14(17)18/h6-7,10H,4-5,8-9H2,1-3H3,(H,17,18). The van der Waals surface area contributed by atoms with Gasteiger partial charge in [0, 0.05) is 6.54 Å². The molecule has 1 aliphatic rings. The van der Waals surface area contributed by atoms with E-state index in [0.717, 1.165) is 16.3 Å². The largest absolute Gasteiger partial charge is 0.480 e. The van der Waals surface area contributed by atoms with Crippen molar-refractivity contribution in [2.24, 2.45) is 0 Å². The second-order valence-corrected chi connectivity index (χ2v) is 7.71. The number of carboxylic acid groups (broad SMARTS) is 1. The molecule has 0 aromatic heterocycles. The van der Waals surface area contributed by atoms with Gasteiger partial charge in [-0.2, -0.15) is 4.31 Å². The van der Waals surface area contributed by atoms with Gasteiger partial charge < -0.3 is 5.11 Å². The van der Waals surface area contributed by atoms with Crippen LogP contribution in [0.5, 0.6) is 0 Å². The van der Waals surface area contributed by atoms with Crippen LogP contribution in [0, 0.1) is 13.8 Å². The van der Waals surface area contributed by atoms with Crippen molar-refractivity contribution in [3.63, 3.8) is 0 Å². The molecule has 0 radical (unpaired) electrons. The summed E-state index contributed by atoms with van der Waals surface area (Å²) < 4.78 is 27.0. The summed E-state index contributed by atoms with van der Waals surface area (Å²) in [5.41, 5.74) is 0.111. The van der Waals surface area contributed by atoms with Crippen LogP contribution in [-0.2, 0) is 14.8 Å². The SMILES string of the molecule is Cc1ccc(C)c(S(=O)(=O)N2CCCCC2(C)C(=O)O)c1. The summed E-state index contributed by atoms with van der Waals surface area (Å²) in [6.07, 6.45) is 1.75. The van der Waals surface area contributed by atoms with E-state index >= 15 is 0 Å². The molecule has 1 atom stereocenters. The first-order valence-electron chi connectivity index (χ1n) is 7.03. The third-order valence-electron chi connectivity index (χ3n) is 4.20. The summed E-state index contributed by atoms with van der Waals surface area (Å²) in [7, 11) is -3.82. The second kappa shape index (κ2) is 5.42. The van der Waals surface area contributed by atoms with E-state index in [4.69, 9.17) is 0 Å². The molecule has 0 saturated carbocycles. The maximum atomic E-state index is 12.9. The average Bonchev–Trinajstić information content (AvgIpc) is 2.41. The fraction of sp³-hybridized carbons (Fsp3) is 0.533. The van der Waals surface area contributed by atoms with Gasteiger partial charge in [0.05, 0.1) is 4.90 Å². The second-order valence-electron chi connectivity index (χ2n) is 5.88. The molecule has 0 spiro atoms. The maximum Gasteiger partial charge on any atom is 0.324 e. The summed E-state index contributed by atoms with van der Waals surface area (Å²) >= 11 is 0. The number of aliphatic carboxylic acids is 1. The van der Waals surface area contributed by atoms with E-state index in [-0.39, 0.29) is 11.4 Å². The molecule has 1 heterocycles. The van der Waals surface area contributed by atoms with E-state index in [1.165, 1.54) is 6.92 Å². The van der Waals surface area contributed by atoms with Gasteiger partial charge in [-0.05, 0) is 57.2 Å². The number of sulfonamides is 1. The van der Waals surface area contributed by atoms with E-state index < -0.39 is 21.5 Å². The molecule has 5 nitrogen and oxygen atoms in total. The molecule has 2 rings (SSSR count). The number of rotatable bonds is 3. The Hall–Kier alpha value is -1.40. The van der Waals surface area contributed by atoms with Gasteiger partial charge in [0.25, 0.3) is 0 Å². The predicted molar refractivity (Wildman–Crippen MR) is 79.7 cm³/mol. The molecule has 1 N–H and O–H groups in total. The summed E-state index contributed by atoms with van der Waals surface area (Å²) in [5.74, 6) is -1.09. The quantitative estimate of drug-likeness (QED) is 0.929. The summed E-state index contributed by atoms with van der Waals surface area (Å²) in [6, 6.07) is 5.22. The minimum atomic E-state index is -3.82. The van der Waals surface area contributed by atoms with Gasteiger partial charge in [-0.25, -0.2) is 8.42 Å². The third kappa shape index (κ3) is 2.70. The van der Waals surface area contributed by atoms with Crippen LogP contribution in [0.1, 0.15) is 37.3 Å². The number of nitrogens with zero attached hydrogens (tertiary/aromatic N) is 1. The van der Waals surface area contributed by atoms with Crippen molar-refractivity contribution in [1.82, 2.24) is 4.31 Å². The molecule has 1 unspecified atom stereocenters. The van der Waals surface area contributed by atoms with E-state index in [9.17, 15) is 18.3 Å².